The van der Waals surface area contributed by atoms with Gasteiger partial charge in [-0.1, -0.05) is 45.7 Å². The van der Waals surface area contributed by atoms with Crippen molar-refractivity contribution >= 4 is 14.3 Å². The largest absolute Gasteiger partial charge is 0.543 e. The van der Waals surface area contributed by atoms with Crippen LogP contribution in [0.1, 0.15) is 58.9 Å². The van der Waals surface area contributed by atoms with E-state index >= 15 is 0 Å². The highest BCUT2D eigenvalue weighted by molar-refractivity contribution is 6.74. The molecular formula is C21H35NO3Si. The van der Waals surface area contributed by atoms with E-state index in [0.717, 1.165) is 37.0 Å². The van der Waals surface area contributed by atoms with Crippen molar-refractivity contribution in [3.05, 3.63) is 29.8 Å². The molecule has 26 heavy (non-hydrogen) atoms. The fourth-order valence-electron chi connectivity index (χ4n) is 3.14. The molecule has 0 amide bonds. The van der Waals surface area contributed by atoms with Gasteiger partial charge in [0.05, 0.1) is 6.61 Å². The quantitative estimate of drug-likeness (QED) is 0.534. The van der Waals surface area contributed by atoms with Gasteiger partial charge in [-0.25, -0.2) is 0 Å². The molecule has 1 saturated carbocycles. The molecule has 1 N–H and O–H groups in total. The molecule has 0 bridgehead atoms. The maximum atomic E-state index is 12.4. The van der Waals surface area contributed by atoms with Crippen LogP contribution in [0, 0.1) is 0 Å². The summed E-state index contributed by atoms with van der Waals surface area (Å²) in [7, 11) is -1.86. The van der Waals surface area contributed by atoms with Crippen LogP contribution in [0.3, 0.4) is 0 Å². The minimum Gasteiger partial charge on any atom is -0.543 e. The fraction of sp³-hybridized carbons (Fsp3) is 0.667. The van der Waals surface area contributed by atoms with Crippen LogP contribution in [0.5, 0.6) is 5.75 Å². The maximum absolute atomic E-state index is 12.4. The van der Waals surface area contributed by atoms with E-state index < -0.39 is 13.9 Å². The number of rotatable bonds is 7. The topological polar surface area (TPSA) is 47.6 Å². The van der Waals surface area contributed by atoms with Crippen LogP contribution in [-0.2, 0) is 16.1 Å². The van der Waals surface area contributed by atoms with Crippen molar-refractivity contribution in [2.24, 2.45) is 0 Å². The average molecular weight is 378 g/mol. The van der Waals surface area contributed by atoms with Gasteiger partial charge in [-0.15, -0.1) is 0 Å². The Kier molecular flexibility index (Phi) is 6.56. The zero-order valence-electron chi connectivity index (χ0n) is 17.3. The van der Waals surface area contributed by atoms with Crippen LogP contribution in [0.25, 0.3) is 0 Å². The van der Waals surface area contributed by atoms with Gasteiger partial charge >= 0.3 is 5.97 Å². The molecule has 5 heteroatoms. The Balaban J connectivity index is 2.07. The number of benzene rings is 1. The molecular weight excluding hydrogens is 342 g/mol. The number of hydrogen-bond acceptors (Lipinski definition) is 4. The van der Waals surface area contributed by atoms with Gasteiger partial charge in [0.25, 0.3) is 0 Å². The van der Waals surface area contributed by atoms with Gasteiger partial charge in [-0.05, 0) is 55.6 Å². The molecule has 0 aromatic heterocycles. The predicted molar refractivity (Wildman–Crippen MR) is 109 cm³/mol. The second-order valence-electron chi connectivity index (χ2n) is 8.87. The molecule has 0 atom stereocenters. The fourth-order valence-corrected chi connectivity index (χ4v) is 4.16. The summed E-state index contributed by atoms with van der Waals surface area (Å²) < 4.78 is 11.7. The van der Waals surface area contributed by atoms with Gasteiger partial charge in [-0.2, -0.15) is 0 Å². The minimum atomic E-state index is -1.86. The Morgan fingerprint density at radius 2 is 1.88 bits per heavy atom. The summed E-state index contributed by atoms with van der Waals surface area (Å²) in [6.45, 7) is 14.2. The second kappa shape index (κ2) is 8.13. The zero-order chi connectivity index (χ0) is 19.4. The Hall–Kier alpha value is -1.33. The molecule has 0 spiro atoms. The third kappa shape index (κ3) is 4.89. The smallest absolute Gasteiger partial charge is 0.326 e. The highest BCUT2D eigenvalue weighted by atomic mass is 28.4. The summed E-state index contributed by atoms with van der Waals surface area (Å²) in [6.07, 6.45) is 3.85. The van der Waals surface area contributed by atoms with Gasteiger partial charge < -0.3 is 9.16 Å². The lowest BCUT2D eigenvalue weighted by atomic mass is 9.97. The zero-order valence-corrected chi connectivity index (χ0v) is 18.3. The third-order valence-electron chi connectivity index (χ3n) is 5.83. The molecule has 146 valence electrons. The first-order valence-electron chi connectivity index (χ1n) is 9.80. The van der Waals surface area contributed by atoms with Crippen molar-refractivity contribution < 1.29 is 14.0 Å². The Labute approximate surface area is 159 Å². The van der Waals surface area contributed by atoms with E-state index in [4.69, 9.17) is 9.16 Å². The van der Waals surface area contributed by atoms with Crippen molar-refractivity contribution in [2.45, 2.75) is 83.6 Å². The summed E-state index contributed by atoms with van der Waals surface area (Å²) in [4.78, 5) is 12.4. The molecule has 0 heterocycles. The molecule has 1 aliphatic rings. The van der Waals surface area contributed by atoms with Gasteiger partial charge in [0, 0.05) is 6.54 Å². The SMILES string of the molecule is CCOC(=O)C1(NCc2cccc(O[Si](C)(C)C(C)(C)C)c2)CCCC1. The molecule has 1 fully saturated rings. The van der Waals surface area contributed by atoms with Crippen LogP contribution < -0.4 is 9.74 Å². The molecule has 0 unspecified atom stereocenters. The molecule has 0 saturated heterocycles. The summed E-state index contributed by atoms with van der Waals surface area (Å²) >= 11 is 0. The molecule has 1 aromatic rings. The summed E-state index contributed by atoms with van der Waals surface area (Å²) in [5.74, 6) is 0.818. The maximum Gasteiger partial charge on any atom is 0.326 e. The van der Waals surface area contributed by atoms with Crippen LogP contribution >= 0.6 is 0 Å². The average Bonchev–Trinajstić information content (AvgIpc) is 3.02. The van der Waals surface area contributed by atoms with Crippen molar-refractivity contribution in [1.82, 2.24) is 5.32 Å². The van der Waals surface area contributed by atoms with Crippen molar-refractivity contribution in [2.75, 3.05) is 6.61 Å². The van der Waals surface area contributed by atoms with E-state index in [1.165, 1.54) is 0 Å². The monoisotopic (exact) mass is 377 g/mol. The van der Waals surface area contributed by atoms with Gasteiger partial charge in [0.2, 0.25) is 8.32 Å². The highest BCUT2D eigenvalue weighted by Crippen LogP contribution is 2.37. The summed E-state index contributed by atoms with van der Waals surface area (Å²) in [5, 5.41) is 3.66. The minimum absolute atomic E-state index is 0.105. The summed E-state index contributed by atoms with van der Waals surface area (Å²) in [5.41, 5.74) is 0.614. The van der Waals surface area contributed by atoms with Crippen molar-refractivity contribution in [3.63, 3.8) is 0 Å². The lowest BCUT2D eigenvalue weighted by Crippen LogP contribution is -2.50. The number of carbonyl (C=O) groups is 1. The van der Waals surface area contributed by atoms with Crippen LogP contribution in [-0.4, -0.2) is 26.4 Å². The van der Waals surface area contributed by atoms with Crippen molar-refractivity contribution in [3.8, 4) is 5.75 Å². The highest BCUT2D eigenvalue weighted by Gasteiger charge is 2.42. The van der Waals surface area contributed by atoms with Gasteiger partial charge in [-0.3, -0.25) is 10.1 Å². The lowest BCUT2D eigenvalue weighted by Gasteiger charge is -2.36. The normalized spacial score (nSPS) is 17.2. The molecule has 4 nitrogen and oxygen atoms in total. The number of ether oxygens (including phenoxy) is 1. The number of esters is 1. The Morgan fingerprint density at radius 3 is 2.46 bits per heavy atom. The summed E-state index contributed by atoms with van der Waals surface area (Å²) in [6, 6.07) is 8.24. The van der Waals surface area contributed by atoms with Gasteiger partial charge in [0.1, 0.15) is 11.3 Å². The van der Waals surface area contributed by atoms with E-state index in [2.05, 4.69) is 51.3 Å². The van der Waals surface area contributed by atoms with E-state index in [1.54, 1.807) is 0 Å². The number of nitrogens with one attached hydrogen (secondary N) is 1. The third-order valence-corrected chi connectivity index (χ3v) is 10.2. The van der Waals surface area contributed by atoms with E-state index in [9.17, 15) is 4.79 Å². The van der Waals surface area contributed by atoms with Crippen LogP contribution in [0.15, 0.2) is 24.3 Å². The second-order valence-corrected chi connectivity index (χ2v) is 13.6. The lowest BCUT2D eigenvalue weighted by molar-refractivity contribution is -0.151. The first kappa shape index (κ1) is 21.0. The van der Waals surface area contributed by atoms with Crippen molar-refractivity contribution in [1.29, 1.82) is 0 Å². The van der Waals surface area contributed by atoms with Crippen LogP contribution in [0.4, 0.5) is 0 Å². The predicted octanol–water partition coefficient (Wildman–Crippen LogP) is 5.04. The van der Waals surface area contributed by atoms with Crippen LogP contribution in [0.2, 0.25) is 18.1 Å². The Morgan fingerprint density at radius 1 is 1.23 bits per heavy atom. The van der Waals surface area contributed by atoms with Gasteiger partial charge in [0.15, 0.2) is 0 Å². The molecule has 1 aromatic carbocycles. The number of hydrogen-bond donors (Lipinski definition) is 1. The molecule has 0 aliphatic heterocycles. The molecule has 2 rings (SSSR count). The molecule has 1 aliphatic carbocycles. The Bertz CT molecular complexity index is 616. The number of carbonyl (C=O) groups excluding carboxylic acids is 1. The van der Waals surface area contributed by atoms with E-state index in [0.29, 0.717) is 13.2 Å². The first-order valence-corrected chi connectivity index (χ1v) is 12.7. The van der Waals surface area contributed by atoms with E-state index in [-0.39, 0.29) is 11.0 Å². The van der Waals surface area contributed by atoms with E-state index in [1.807, 2.05) is 19.1 Å². The standard InChI is InChI=1S/C21H35NO3Si/c1-7-24-19(23)21(13-8-9-14-21)22-16-17-11-10-12-18(15-17)25-26(5,6)20(2,3)4/h10-12,15,22H,7-9,13-14,16H2,1-6H3. The molecule has 0 radical (unpaired) electrons. The first-order chi connectivity index (χ1) is 12.1.